The number of epoxide rings is 1. The van der Waals surface area contributed by atoms with Gasteiger partial charge in [0.25, 0.3) is 0 Å². The van der Waals surface area contributed by atoms with Crippen LogP contribution in [0.3, 0.4) is 0 Å². The molecule has 0 aliphatic carbocycles. The average Bonchev–Trinajstić information content (AvgIpc) is 3.22. The summed E-state index contributed by atoms with van der Waals surface area (Å²) in [6.07, 6.45) is 13.1. The quantitative estimate of drug-likeness (QED) is 0.349. The maximum absolute atomic E-state index is 5.42. The van der Waals surface area contributed by atoms with Crippen molar-refractivity contribution in [3.8, 4) is 0 Å². The van der Waals surface area contributed by atoms with Crippen LogP contribution in [-0.4, -0.2) is 36.7 Å². The molecule has 0 aromatic rings. The Labute approximate surface area is 133 Å². The van der Waals surface area contributed by atoms with E-state index in [1.54, 1.807) is 0 Å². The second-order valence-electron chi connectivity index (χ2n) is 5.98. The van der Waals surface area contributed by atoms with E-state index in [2.05, 4.69) is 25.7 Å². The van der Waals surface area contributed by atoms with Crippen molar-refractivity contribution >= 4 is 12.4 Å². The van der Waals surface area contributed by atoms with Gasteiger partial charge in [-0.05, 0) is 25.9 Å². The third-order valence-electron chi connectivity index (χ3n) is 4.41. The zero-order valence-corrected chi connectivity index (χ0v) is 14.7. The number of unbranched alkanes of at least 4 members (excludes halogenated alkanes) is 6. The van der Waals surface area contributed by atoms with Crippen molar-refractivity contribution in [2.24, 2.45) is 0 Å². The predicted molar refractivity (Wildman–Crippen MR) is 90.9 cm³/mol. The highest BCUT2D eigenvalue weighted by atomic mass is 35.5. The lowest BCUT2D eigenvalue weighted by Crippen LogP contribution is -2.36. The summed E-state index contributed by atoms with van der Waals surface area (Å²) in [6.45, 7) is 10.2. The lowest BCUT2D eigenvalue weighted by molar-refractivity contribution is 0.179. The smallest absolute Gasteiger partial charge is 0.0824 e. The molecule has 1 heterocycles. The van der Waals surface area contributed by atoms with Crippen LogP contribution in [-0.2, 0) is 4.74 Å². The molecule has 0 amide bonds. The monoisotopic (exact) mass is 305 g/mol. The number of halogens is 1. The molecule has 0 N–H and O–H groups in total. The summed E-state index contributed by atoms with van der Waals surface area (Å²) in [5.41, 5.74) is 0. The largest absolute Gasteiger partial charge is 0.373 e. The summed E-state index contributed by atoms with van der Waals surface area (Å²) in [5.74, 6) is 0. The molecule has 0 aromatic carbocycles. The Hall–Kier alpha value is 0.210. The van der Waals surface area contributed by atoms with Crippen LogP contribution in [0.25, 0.3) is 0 Å². The molecule has 3 heteroatoms. The Morgan fingerprint density at radius 3 is 2.00 bits per heavy atom. The molecular weight excluding hydrogens is 270 g/mol. The van der Waals surface area contributed by atoms with Gasteiger partial charge in [0.15, 0.2) is 0 Å². The van der Waals surface area contributed by atoms with Gasteiger partial charge in [-0.15, -0.1) is 12.4 Å². The van der Waals surface area contributed by atoms with Crippen LogP contribution in [0.1, 0.15) is 78.6 Å². The average molecular weight is 306 g/mol. The van der Waals surface area contributed by atoms with Crippen LogP contribution in [0.2, 0.25) is 0 Å². The fourth-order valence-corrected chi connectivity index (χ4v) is 3.03. The molecular formula is C17H36ClNO. The number of rotatable bonds is 13. The number of ether oxygens (including phenoxy) is 1. The summed E-state index contributed by atoms with van der Waals surface area (Å²) in [4.78, 5) is 2.62. The molecule has 122 valence electrons. The van der Waals surface area contributed by atoms with Crippen molar-refractivity contribution in [2.75, 3.05) is 19.7 Å². The van der Waals surface area contributed by atoms with E-state index < -0.39 is 0 Å². The molecule has 20 heavy (non-hydrogen) atoms. The van der Waals surface area contributed by atoms with E-state index in [1.807, 2.05) is 0 Å². The van der Waals surface area contributed by atoms with E-state index in [4.69, 9.17) is 4.74 Å². The highest BCUT2D eigenvalue weighted by Crippen LogP contribution is 2.23. The Morgan fingerprint density at radius 1 is 0.950 bits per heavy atom. The maximum Gasteiger partial charge on any atom is 0.0824 e. The van der Waals surface area contributed by atoms with Crippen molar-refractivity contribution in [3.05, 3.63) is 0 Å². The molecule has 0 radical (unpaired) electrons. The summed E-state index contributed by atoms with van der Waals surface area (Å²) in [6, 6.07) is 0.762. The second-order valence-corrected chi connectivity index (χ2v) is 5.98. The van der Waals surface area contributed by atoms with Gasteiger partial charge in [0.05, 0.1) is 12.7 Å². The second kappa shape index (κ2) is 12.9. The molecule has 1 saturated heterocycles. The van der Waals surface area contributed by atoms with Gasteiger partial charge in [-0.1, -0.05) is 65.7 Å². The van der Waals surface area contributed by atoms with E-state index in [1.165, 1.54) is 70.9 Å². The van der Waals surface area contributed by atoms with Crippen molar-refractivity contribution in [1.29, 1.82) is 0 Å². The Bertz CT molecular complexity index is 205. The minimum absolute atomic E-state index is 0. The first-order valence-corrected chi connectivity index (χ1v) is 8.67. The van der Waals surface area contributed by atoms with E-state index in [-0.39, 0.29) is 12.4 Å². The van der Waals surface area contributed by atoms with Crippen LogP contribution >= 0.6 is 12.4 Å². The van der Waals surface area contributed by atoms with Crippen molar-refractivity contribution in [1.82, 2.24) is 4.90 Å². The molecule has 0 aromatic heterocycles. The first-order valence-electron chi connectivity index (χ1n) is 8.67. The Kier molecular flexibility index (Phi) is 13.0. The van der Waals surface area contributed by atoms with Gasteiger partial charge in [0.2, 0.25) is 0 Å². The van der Waals surface area contributed by atoms with Gasteiger partial charge < -0.3 is 9.64 Å². The van der Waals surface area contributed by atoms with Crippen molar-refractivity contribution in [2.45, 2.75) is 90.7 Å². The van der Waals surface area contributed by atoms with Gasteiger partial charge in [0, 0.05) is 6.04 Å². The van der Waals surface area contributed by atoms with Crippen LogP contribution in [0.15, 0.2) is 0 Å². The summed E-state index contributed by atoms with van der Waals surface area (Å²) in [5, 5.41) is 0. The topological polar surface area (TPSA) is 15.8 Å². The Balaban J connectivity index is 0.00000361. The fourth-order valence-electron chi connectivity index (χ4n) is 3.03. The highest BCUT2D eigenvalue weighted by molar-refractivity contribution is 5.85. The molecule has 2 atom stereocenters. The lowest BCUT2D eigenvalue weighted by atomic mass is 10.0. The van der Waals surface area contributed by atoms with E-state index in [0.717, 1.165) is 12.6 Å². The third kappa shape index (κ3) is 9.20. The normalized spacial score (nSPS) is 18.9. The summed E-state index contributed by atoms with van der Waals surface area (Å²) < 4.78 is 5.42. The van der Waals surface area contributed by atoms with Crippen LogP contribution < -0.4 is 0 Å². The molecule has 0 spiro atoms. The molecule has 1 aliphatic heterocycles. The molecule has 1 fully saturated rings. The van der Waals surface area contributed by atoms with Gasteiger partial charge in [-0.25, -0.2) is 0 Å². The van der Waals surface area contributed by atoms with E-state index in [9.17, 15) is 0 Å². The SMILES string of the molecule is CCCCCCCCCC(CC1CO1)N(CC)CC.Cl. The highest BCUT2D eigenvalue weighted by Gasteiger charge is 2.28. The first kappa shape index (κ1) is 20.2. The number of hydrogen-bond acceptors (Lipinski definition) is 2. The lowest BCUT2D eigenvalue weighted by Gasteiger charge is -2.29. The molecule has 0 saturated carbocycles. The van der Waals surface area contributed by atoms with Crippen LogP contribution in [0.5, 0.6) is 0 Å². The molecule has 0 bridgehead atoms. The van der Waals surface area contributed by atoms with Gasteiger partial charge in [0.1, 0.15) is 0 Å². The van der Waals surface area contributed by atoms with Gasteiger partial charge >= 0.3 is 0 Å². The zero-order valence-electron chi connectivity index (χ0n) is 13.9. The van der Waals surface area contributed by atoms with Crippen LogP contribution in [0.4, 0.5) is 0 Å². The van der Waals surface area contributed by atoms with Gasteiger partial charge in [-0.3, -0.25) is 0 Å². The molecule has 2 nitrogen and oxygen atoms in total. The Morgan fingerprint density at radius 2 is 1.50 bits per heavy atom. The number of nitrogens with zero attached hydrogens (tertiary/aromatic N) is 1. The molecule has 1 aliphatic rings. The van der Waals surface area contributed by atoms with Crippen molar-refractivity contribution < 1.29 is 4.74 Å². The number of hydrogen-bond donors (Lipinski definition) is 0. The predicted octanol–water partition coefficient (Wildman–Crippen LogP) is 5.05. The summed E-state index contributed by atoms with van der Waals surface area (Å²) in [7, 11) is 0. The fraction of sp³-hybridized carbons (Fsp3) is 1.00. The van der Waals surface area contributed by atoms with Crippen LogP contribution in [0, 0.1) is 0 Å². The van der Waals surface area contributed by atoms with E-state index in [0.29, 0.717) is 6.10 Å². The van der Waals surface area contributed by atoms with E-state index >= 15 is 0 Å². The minimum atomic E-state index is 0. The molecule has 2 unspecified atom stereocenters. The maximum atomic E-state index is 5.42. The van der Waals surface area contributed by atoms with Crippen molar-refractivity contribution in [3.63, 3.8) is 0 Å². The van der Waals surface area contributed by atoms with Gasteiger partial charge in [-0.2, -0.15) is 0 Å². The minimum Gasteiger partial charge on any atom is -0.373 e. The third-order valence-corrected chi connectivity index (χ3v) is 4.41. The zero-order chi connectivity index (χ0) is 13.9. The first-order chi connectivity index (χ1) is 9.31. The summed E-state index contributed by atoms with van der Waals surface area (Å²) >= 11 is 0. The molecule has 1 rings (SSSR count). The standard InChI is InChI=1S/C17H35NO.ClH/c1-4-7-8-9-10-11-12-13-16(14-17-15-19-17)18(5-2)6-3;/h16-17H,4-15H2,1-3H3;1H.